The molecule has 4 nitrogen and oxygen atoms in total. The van der Waals surface area contributed by atoms with Crippen molar-refractivity contribution in [2.24, 2.45) is 0 Å². The van der Waals surface area contributed by atoms with Crippen LogP contribution in [0, 0.1) is 0 Å². The monoisotopic (exact) mass is 477 g/mol. The number of aryl methyl sites for hydroxylation is 2. The summed E-state index contributed by atoms with van der Waals surface area (Å²) in [6.45, 7) is 4.43. The fourth-order valence-corrected chi connectivity index (χ4v) is 4.95. The molecule has 0 atom stereocenters. The molecule has 112 valence electrons. The number of morpholine rings is 1. The Kier molecular flexibility index (Phi) is 3.80. The van der Waals surface area contributed by atoms with Crippen LogP contribution in [0.3, 0.4) is 0 Å². The molecule has 0 saturated carbocycles. The molecule has 2 aromatic rings. The number of imidazole rings is 1. The Hall–Kier alpha value is -0.110. The fraction of sp³-hybridized carbons (Fsp3) is 0.500. The van der Waals surface area contributed by atoms with Crippen molar-refractivity contribution >= 4 is 64.8 Å². The lowest BCUT2D eigenvalue weighted by Gasteiger charge is -2.29. The standard InChI is InChI=1S/C14H14Br3N3O/c15-9-8-2-1-3-20-13(8)12(11(17)10(9)16)18-14(20)19-4-6-21-7-5-19/h1-7H2. The van der Waals surface area contributed by atoms with E-state index in [0.29, 0.717) is 0 Å². The highest BCUT2D eigenvalue weighted by Crippen LogP contribution is 2.44. The second-order valence-corrected chi connectivity index (χ2v) is 7.76. The zero-order chi connectivity index (χ0) is 14.6. The molecule has 0 N–H and O–H groups in total. The minimum Gasteiger partial charge on any atom is -0.378 e. The average molecular weight is 480 g/mol. The fourth-order valence-electron chi connectivity index (χ4n) is 3.20. The van der Waals surface area contributed by atoms with E-state index in [1.54, 1.807) is 0 Å². The molecule has 0 unspecified atom stereocenters. The van der Waals surface area contributed by atoms with E-state index in [9.17, 15) is 0 Å². The van der Waals surface area contributed by atoms with Gasteiger partial charge in [0.2, 0.25) is 5.95 Å². The average Bonchev–Trinajstić information content (AvgIpc) is 2.92. The van der Waals surface area contributed by atoms with E-state index in [2.05, 4.69) is 57.3 Å². The van der Waals surface area contributed by atoms with E-state index in [-0.39, 0.29) is 0 Å². The first-order valence-corrected chi connectivity index (χ1v) is 9.44. The van der Waals surface area contributed by atoms with E-state index in [4.69, 9.17) is 9.72 Å². The topological polar surface area (TPSA) is 30.3 Å². The first kappa shape index (κ1) is 14.5. The molecule has 4 rings (SSSR count). The largest absolute Gasteiger partial charge is 0.378 e. The van der Waals surface area contributed by atoms with Crippen LogP contribution in [0.5, 0.6) is 0 Å². The summed E-state index contributed by atoms with van der Waals surface area (Å²) in [5.74, 6) is 1.08. The van der Waals surface area contributed by atoms with Gasteiger partial charge in [-0.1, -0.05) is 0 Å². The van der Waals surface area contributed by atoms with Crippen LogP contribution in [0.1, 0.15) is 12.0 Å². The second-order valence-electron chi connectivity index (χ2n) is 5.38. The second kappa shape index (κ2) is 5.51. The van der Waals surface area contributed by atoms with Gasteiger partial charge >= 0.3 is 0 Å². The molecule has 0 bridgehead atoms. The van der Waals surface area contributed by atoms with Gasteiger partial charge in [0.15, 0.2) is 0 Å². The van der Waals surface area contributed by atoms with E-state index in [1.807, 2.05) is 0 Å². The quantitative estimate of drug-likeness (QED) is 0.577. The minimum absolute atomic E-state index is 0.782. The number of halogens is 3. The number of hydrogen-bond acceptors (Lipinski definition) is 3. The number of benzene rings is 1. The van der Waals surface area contributed by atoms with Gasteiger partial charge in [-0.2, -0.15) is 0 Å². The third-order valence-corrected chi connectivity index (χ3v) is 7.70. The van der Waals surface area contributed by atoms with Crippen LogP contribution in [0.4, 0.5) is 5.95 Å². The molecule has 0 spiro atoms. The van der Waals surface area contributed by atoms with Gasteiger partial charge in [0.25, 0.3) is 0 Å². The third kappa shape index (κ3) is 2.19. The molecule has 7 heteroatoms. The van der Waals surface area contributed by atoms with Crippen LogP contribution < -0.4 is 4.90 Å². The maximum Gasteiger partial charge on any atom is 0.206 e. The van der Waals surface area contributed by atoms with Crippen LogP contribution in [-0.4, -0.2) is 35.9 Å². The summed E-state index contributed by atoms with van der Waals surface area (Å²) < 4.78 is 11.1. The number of aromatic nitrogens is 2. The summed E-state index contributed by atoms with van der Waals surface area (Å²) in [6, 6.07) is 0. The Morgan fingerprint density at radius 2 is 1.71 bits per heavy atom. The molecule has 3 heterocycles. The van der Waals surface area contributed by atoms with E-state index < -0.39 is 0 Å². The first-order chi connectivity index (χ1) is 10.2. The number of nitrogens with zero attached hydrogens (tertiary/aromatic N) is 3. The maximum atomic E-state index is 5.47. The molecule has 2 aliphatic heterocycles. The lowest BCUT2D eigenvalue weighted by molar-refractivity contribution is 0.121. The molecule has 0 amide bonds. The highest BCUT2D eigenvalue weighted by Gasteiger charge is 2.27. The van der Waals surface area contributed by atoms with Crippen LogP contribution in [0.15, 0.2) is 13.4 Å². The van der Waals surface area contributed by atoms with Crippen LogP contribution in [0.25, 0.3) is 11.0 Å². The summed E-state index contributed by atoms with van der Waals surface area (Å²) in [4.78, 5) is 7.29. The Labute approximate surface area is 148 Å². The Morgan fingerprint density at radius 3 is 2.48 bits per heavy atom. The number of anilines is 1. The Balaban J connectivity index is 1.98. The highest BCUT2D eigenvalue weighted by molar-refractivity contribution is 9.14. The third-order valence-electron chi connectivity index (χ3n) is 4.19. The molecular weight excluding hydrogens is 466 g/mol. The molecule has 1 saturated heterocycles. The molecule has 2 aliphatic rings. The Morgan fingerprint density at radius 1 is 0.952 bits per heavy atom. The van der Waals surface area contributed by atoms with Crippen molar-refractivity contribution in [1.29, 1.82) is 0 Å². The summed E-state index contributed by atoms with van der Waals surface area (Å²) in [5, 5.41) is 0. The van der Waals surface area contributed by atoms with Gasteiger partial charge in [-0.05, 0) is 66.2 Å². The van der Waals surface area contributed by atoms with Crippen molar-refractivity contribution in [2.75, 3.05) is 31.2 Å². The van der Waals surface area contributed by atoms with Crippen molar-refractivity contribution < 1.29 is 4.74 Å². The molecule has 1 fully saturated rings. The van der Waals surface area contributed by atoms with Crippen LogP contribution >= 0.6 is 47.8 Å². The lowest BCUT2D eigenvalue weighted by Crippen LogP contribution is -2.38. The van der Waals surface area contributed by atoms with Gasteiger partial charge in [0.1, 0.15) is 5.52 Å². The zero-order valence-electron chi connectivity index (χ0n) is 11.3. The minimum atomic E-state index is 0.782. The SMILES string of the molecule is Brc1c(Br)c2c3c(nc(N4CCOCC4)n3CCC2)c1Br. The summed E-state index contributed by atoms with van der Waals surface area (Å²) in [6.07, 6.45) is 2.25. The molecule has 21 heavy (non-hydrogen) atoms. The van der Waals surface area contributed by atoms with Crippen molar-refractivity contribution in [3.8, 4) is 0 Å². The van der Waals surface area contributed by atoms with Crippen molar-refractivity contribution in [3.05, 3.63) is 19.0 Å². The normalized spacial score (nSPS) is 18.5. The smallest absolute Gasteiger partial charge is 0.206 e. The molecular formula is C14H14Br3N3O. The van der Waals surface area contributed by atoms with E-state index in [0.717, 1.165) is 70.6 Å². The van der Waals surface area contributed by atoms with Gasteiger partial charge < -0.3 is 14.2 Å². The van der Waals surface area contributed by atoms with Crippen molar-refractivity contribution in [2.45, 2.75) is 19.4 Å². The first-order valence-electron chi connectivity index (χ1n) is 7.06. The Bertz CT molecular complexity index is 722. The highest BCUT2D eigenvalue weighted by atomic mass is 79.9. The van der Waals surface area contributed by atoms with Crippen molar-refractivity contribution in [1.82, 2.24) is 9.55 Å². The summed E-state index contributed by atoms with van der Waals surface area (Å²) >= 11 is 11.1. The number of ether oxygens (including phenoxy) is 1. The predicted molar refractivity (Wildman–Crippen MR) is 94.2 cm³/mol. The molecule has 0 aliphatic carbocycles. The predicted octanol–water partition coefficient (Wildman–Crippen LogP) is 4.11. The van der Waals surface area contributed by atoms with E-state index >= 15 is 0 Å². The number of hydrogen-bond donors (Lipinski definition) is 0. The van der Waals surface area contributed by atoms with Gasteiger partial charge in [-0.3, -0.25) is 0 Å². The lowest BCUT2D eigenvalue weighted by atomic mass is 10.0. The summed E-state index contributed by atoms with van der Waals surface area (Å²) in [7, 11) is 0. The maximum absolute atomic E-state index is 5.47. The summed E-state index contributed by atoms with van der Waals surface area (Å²) in [5.41, 5.74) is 3.68. The van der Waals surface area contributed by atoms with Crippen LogP contribution in [0.2, 0.25) is 0 Å². The molecule has 1 aromatic heterocycles. The van der Waals surface area contributed by atoms with E-state index in [1.165, 1.54) is 11.1 Å². The van der Waals surface area contributed by atoms with Crippen LogP contribution in [-0.2, 0) is 17.7 Å². The molecule has 0 radical (unpaired) electrons. The van der Waals surface area contributed by atoms with Gasteiger partial charge in [0.05, 0.1) is 23.2 Å². The number of rotatable bonds is 1. The van der Waals surface area contributed by atoms with Gasteiger partial charge in [0, 0.05) is 28.6 Å². The molecule has 1 aromatic carbocycles. The van der Waals surface area contributed by atoms with Crippen molar-refractivity contribution in [3.63, 3.8) is 0 Å². The van der Waals surface area contributed by atoms with Gasteiger partial charge in [-0.15, -0.1) is 0 Å². The zero-order valence-corrected chi connectivity index (χ0v) is 16.1. The van der Waals surface area contributed by atoms with Gasteiger partial charge in [-0.25, -0.2) is 4.98 Å².